The van der Waals surface area contributed by atoms with Crippen LogP contribution in [0.1, 0.15) is 5.56 Å². The molecule has 1 N–H and O–H groups in total. The largest absolute Gasteiger partial charge is 0.493 e. The number of hydrogen-bond donors (Lipinski definition) is 1. The Hall–Kier alpha value is -3.09. The Morgan fingerprint density at radius 1 is 0.923 bits per heavy atom. The Labute approximate surface area is 149 Å². The van der Waals surface area contributed by atoms with E-state index in [0.29, 0.717) is 39.6 Å². The van der Waals surface area contributed by atoms with Gasteiger partial charge in [-0.05, 0) is 36.2 Å². The maximum absolute atomic E-state index is 13.9. The zero-order chi connectivity index (χ0) is 18.8. The second-order valence-electron chi connectivity index (χ2n) is 5.61. The van der Waals surface area contributed by atoms with Gasteiger partial charge in [0.1, 0.15) is 0 Å². The van der Waals surface area contributed by atoms with E-state index in [2.05, 4.69) is 10.2 Å². The van der Waals surface area contributed by atoms with Crippen molar-refractivity contribution < 1.29 is 23.0 Å². The van der Waals surface area contributed by atoms with Crippen LogP contribution >= 0.6 is 0 Å². The first-order valence-corrected chi connectivity index (χ1v) is 7.81. The van der Waals surface area contributed by atoms with E-state index in [1.807, 2.05) is 6.92 Å². The van der Waals surface area contributed by atoms with E-state index in [9.17, 15) is 8.78 Å². The van der Waals surface area contributed by atoms with Crippen LogP contribution < -0.4 is 14.2 Å². The number of aromatic nitrogens is 2. The van der Waals surface area contributed by atoms with Crippen molar-refractivity contribution in [2.75, 3.05) is 21.3 Å². The molecule has 3 aromatic rings. The average molecular weight is 360 g/mol. The summed E-state index contributed by atoms with van der Waals surface area (Å²) in [7, 11) is 4.46. The lowest BCUT2D eigenvalue weighted by Gasteiger charge is -2.19. The maximum Gasteiger partial charge on any atom is 0.203 e. The molecule has 0 unspecified atom stereocenters. The number of H-pyrrole nitrogens is 1. The molecule has 2 aromatic carbocycles. The molecule has 136 valence electrons. The van der Waals surface area contributed by atoms with Crippen molar-refractivity contribution in [3.8, 4) is 39.6 Å². The molecule has 0 aliphatic carbocycles. The lowest BCUT2D eigenvalue weighted by Crippen LogP contribution is -2.00. The molecule has 0 atom stereocenters. The summed E-state index contributed by atoms with van der Waals surface area (Å²) in [6.07, 6.45) is 1.74. The molecular formula is C19H18F2N2O3. The van der Waals surface area contributed by atoms with Crippen LogP contribution in [0.25, 0.3) is 22.4 Å². The highest BCUT2D eigenvalue weighted by molar-refractivity contribution is 5.91. The quantitative estimate of drug-likeness (QED) is 0.735. The van der Waals surface area contributed by atoms with Crippen molar-refractivity contribution in [3.05, 3.63) is 47.7 Å². The highest BCUT2D eigenvalue weighted by atomic mass is 19.2. The molecule has 0 saturated carbocycles. The van der Waals surface area contributed by atoms with E-state index in [1.54, 1.807) is 12.3 Å². The monoisotopic (exact) mass is 360 g/mol. The summed E-state index contributed by atoms with van der Waals surface area (Å²) in [6.45, 7) is 1.89. The molecule has 0 fully saturated rings. The molecule has 0 radical (unpaired) electrons. The van der Waals surface area contributed by atoms with Crippen LogP contribution in [-0.2, 0) is 0 Å². The van der Waals surface area contributed by atoms with Crippen LogP contribution in [0.2, 0.25) is 0 Å². The number of methoxy groups -OCH3 is 3. The summed E-state index contributed by atoms with van der Waals surface area (Å²) in [5.41, 5.74) is 3.12. The molecule has 0 spiro atoms. The summed E-state index contributed by atoms with van der Waals surface area (Å²) in [5, 5.41) is 7.08. The fourth-order valence-electron chi connectivity index (χ4n) is 2.90. The standard InChI is InChI=1S/C19H18F2N2O3/c1-10-9-22-23-17(10)12-8-15(24-2)18(25-3)19(26-4)16(12)11-5-6-13(20)14(21)7-11/h5-9H,1-4H3,(H,22,23). The molecule has 26 heavy (non-hydrogen) atoms. The van der Waals surface area contributed by atoms with Crippen LogP contribution in [0, 0.1) is 18.6 Å². The Morgan fingerprint density at radius 2 is 1.65 bits per heavy atom. The maximum atomic E-state index is 13.9. The first kappa shape index (κ1) is 17.7. The fraction of sp³-hybridized carbons (Fsp3) is 0.211. The minimum Gasteiger partial charge on any atom is -0.493 e. The van der Waals surface area contributed by atoms with E-state index in [1.165, 1.54) is 27.4 Å². The molecule has 5 nitrogen and oxygen atoms in total. The van der Waals surface area contributed by atoms with Gasteiger partial charge in [0.25, 0.3) is 0 Å². The van der Waals surface area contributed by atoms with E-state index in [-0.39, 0.29) is 0 Å². The third kappa shape index (κ3) is 2.85. The average Bonchev–Trinajstić information content (AvgIpc) is 3.07. The fourth-order valence-corrected chi connectivity index (χ4v) is 2.90. The number of ether oxygens (including phenoxy) is 3. The van der Waals surface area contributed by atoms with Crippen LogP contribution in [0.4, 0.5) is 8.78 Å². The highest BCUT2D eigenvalue weighted by Gasteiger charge is 2.25. The number of aromatic amines is 1. The lowest BCUT2D eigenvalue weighted by molar-refractivity contribution is 0.325. The molecular weight excluding hydrogens is 342 g/mol. The van der Waals surface area contributed by atoms with Crippen molar-refractivity contribution in [1.29, 1.82) is 0 Å². The summed E-state index contributed by atoms with van der Waals surface area (Å²) in [4.78, 5) is 0. The van der Waals surface area contributed by atoms with Crippen LogP contribution in [0.5, 0.6) is 17.2 Å². The van der Waals surface area contributed by atoms with E-state index in [0.717, 1.165) is 17.7 Å². The zero-order valence-corrected chi connectivity index (χ0v) is 14.8. The van der Waals surface area contributed by atoms with Gasteiger partial charge in [-0.25, -0.2) is 8.78 Å². The molecule has 1 aromatic heterocycles. The van der Waals surface area contributed by atoms with Crippen LogP contribution in [0.15, 0.2) is 30.5 Å². The van der Waals surface area contributed by atoms with Gasteiger partial charge in [0, 0.05) is 17.3 Å². The molecule has 3 rings (SSSR count). The third-order valence-corrected chi connectivity index (χ3v) is 4.12. The third-order valence-electron chi connectivity index (χ3n) is 4.12. The number of halogens is 2. The lowest BCUT2D eigenvalue weighted by atomic mass is 9.94. The number of nitrogens with zero attached hydrogens (tertiary/aromatic N) is 1. The second kappa shape index (κ2) is 7.03. The molecule has 0 aliphatic heterocycles. The Kier molecular flexibility index (Phi) is 4.79. The van der Waals surface area contributed by atoms with E-state index >= 15 is 0 Å². The summed E-state index contributed by atoms with van der Waals surface area (Å²) in [5.74, 6) is -0.746. The van der Waals surface area contributed by atoms with Gasteiger partial charge in [0.15, 0.2) is 23.1 Å². The van der Waals surface area contributed by atoms with Gasteiger partial charge < -0.3 is 14.2 Å². The molecule has 0 saturated heterocycles. The minimum absolute atomic E-state index is 0.343. The number of hydrogen-bond acceptors (Lipinski definition) is 4. The number of nitrogens with one attached hydrogen (secondary N) is 1. The van der Waals surface area contributed by atoms with E-state index in [4.69, 9.17) is 14.2 Å². The number of rotatable bonds is 5. The van der Waals surface area contributed by atoms with Gasteiger partial charge in [-0.3, -0.25) is 5.10 Å². The van der Waals surface area contributed by atoms with Gasteiger partial charge in [0.05, 0.1) is 27.0 Å². The van der Waals surface area contributed by atoms with Gasteiger partial charge in [-0.15, -0.1) is 0 Å². The molecule has 7 heteroatoms. The summed E-state index contributed by atoms with van der Waals surface area (Å²) < 4.78 is 43.7. The topological polar surface area (TPSA) is 56.4 Å². The second-order valence-corrected chi connectivity index (χ2v) is 5.61. The minimum atomic E-state index is -0.955. The Morgan fingerprint density at radius 3 is 2.19 bits per heavy atom. The van der Waals surface area contributed by atoms with E-state index < -0.39 is 11.6 Å². The molecule has 0 amide bonds. The van der Waals surface area contributed by atoms with Crippen molar-refractivity contribution in [2.24, 2.45) is 0 Å². The van der Waals surface area contributed by atoms with Gasteiger partial charge in [0.2, 0.25) is 5.75 Å². The molecule has 0 aliphatic rings. The van der Waals surface area contributed by atoms with Crippen molar-refractivity contribution in [1.82, 2.24) is 10.2 Å². The van der Waals surface area contributed by atoms with Gasteiger partial charge in [-0.2, -0.15) is 5.10 Å². The summed E-state index contributed by atoms with van der Waals surface area (Å²) >= 11 is 0. The first-order chi connectivity index (χ1) is 12.5. The molecule has 1 heterocycles. The number of aryl methyl sites for hydroxylation is 1. The highest BCUT2D eigenvalue weighted by Crippen LogP contribution is 2.50. The Bertz CT molecular complexity index is 954. The molecule has 0 bridgehead atoms. The van der Waals surface area contributed by atoms with Crippen molar-refractivity contribution in [3.63, 3.8) is 0 Å². The van der Waals surface area contributed by atoms with Crippen molar-refractivity contribution in [2.45, 2.75) is 6.92 Å². The Balaban J connectivity index is 2.42. The smallest absolute Gasteiger partial charge is 0.203 e. The predicted octanol–water partition coefficient (Wildman–Crippen LogP) is 4.36. The first-order valence-electron chi connectivity index (χ1n) is 7.81. The zero-order valence-electron chi connectivity index (χ0n) is 14.8. The summed E-state index contributed by atoms with van der Waals surface area (Å²) in [6, 6.07) is 5.40. The van der Waals surface area contributed by atoms with Gasteiger partial charge >= 0.3 is 0 Å². The van der Waals surface area contributed by atoms with Crippen LogP contribution in [-0.4, -0.2) is 31.5 Å². The van der Waals surface area contributed by atoms with Crippen molar-refractivity contribution >= 4 is 0 Å². The van der Waals surface area contributed by atoms with Gasteiger partial charge in [-0.1, -0.05) is 6.07 Å². The number of benzene rings is 2. The normalized spacial score (nSPS) is 10.7. The van der Waals surface area contributed by atoms with Crippen LogP contribution in [0.3, 0.4) is 0 Å². The SMILES string of the molecule is COc1cc(-c2n[nH]cc2C)c(-c2ccc(F)c(F)c2)c(OC)c1OC. The predicted molar refractivity (Wildman–Crippen MR) is 93.8 cm³/mol.